The lowest BCUT2D eigenvalue weighted by Crippen LogP contribution is -2.42. The second-order valence-electron chi connectivity index (χ2n) is 7.84. The van der Waals surface area contributed by atoms with Crippen molar-refractivity contribution in [2.24, 2.45) is 11.8 Å². The first-order valence-electron chi connectivity index (χ1n) is 8.28. The fraction of sp³-hybridized carbons (Fsp3) is 0.684. The zero-order valence-corrected chi connectivity index (χ0v) is 14.3. The highest BCUT2D eigenvalue weighted by atomic mass is 16.7. The van der Waals surface area contributed by atoms with Crippen molar-refractivity contribution in [2.45, 2.75) is 65.0 Å². The zero-order valence-electron chi connectivity index (χ0n) is 14.3. The lowest BCUT2D eigenvalue weighted by Gasteiger charge is -2.40. The van der Waals surface area contributed by atoms with Gasteiger partial charge >= 0.3 is 0 Å². The van der Waals surface area contributed by atoms with Crippen molar-refractivity contribution in [1.82, 2.24) is 5.06 Å². The maximum absolute atomic E-state index is 6.13. The summed E-state index contributed by atoms with van der Waals surface area (Å²) in [6.07, 6.45) is 2.52. The molecule has 0 amide bonds. The Kier molecular flexibility index (Phi) is 3.66. The summed E-state index contributed by atoms with van der Waals surface area (Å²) in [4.78, 5) is 6.13. The molecule has 0 aromatic heterocycles. The molecule has 1 saturated carbocycles. The Morgan fingerprint density at radius 1 is 1.19 bits per heavy atom. The molecule has 1 saturated heterocycles. The molecular weight excluding hydrogens is 258 g/mol. The number of aryl methyl sites for hydroxylation is 2. The van der Waals surface area contributed by atoms with Crippen LogP contribution in [-0.2, 0) is 4.84 Å². The third-order valence-electron chi connectivity index (χ3n) is 5.75. The summed E-state index contributed by atoms with van der Waals surface area (Å²) in [5.41, 5.74) is 4.33. The van der Waals surface area contributed by atoms with Gasteiger partial charge in [0.15, 0.2) is 0 Å². The summed E-state index contributed by atoms with van der Waals surface area (Å²) in [6, 6.07) is 7.52. The third-order valence-corrected chi connectivity index (χ3v) is 5.75. The monoisotopic (exact) mass is 287 g/mol. The Morgan fingerprint density at radius 2 is 1.90 bits per heavy atom. The van der Waals surface area contributed by atoms with Crippen LogP contribution in [0, 0.1) is 25.7 Å². The summed E-state index contributed by atoms with van der Waals surface area (Å²) >= 11 is 0. The molecule has 116 valence electrons. The highest BCUT2D eigenvalue weighted by Crippen LogP contribution is 2.50. The maximum atomic E-state index is 6.13. The van der Waals surface area contributed by atoms with Gasteiger partial charge in [0.05, 0.1) is 5.60 Å². The zero-order chi connectivity index (χ0) is 15.4. The molecule has 1 aromatic carbocycles. The quantitative estimate of drug-likeness (QED) is 0.756. The van der Waals surface area contributed by atoms with Gasteiger partial charge < -0.3 is 0 Å². The van der Waals surface area contributed by atoms with Crippen LogP contribution < -0.4 is 0 Å². The van der Waals surface area contributed by atoms with Gasteiger partial charge in [0.2, 0.25) is 0 Å². The van der Waals surface area contributed by atoms with Crippen LogP contribution in [0.25, 0.3) is 0 Å². The van der Waals surface area contributed by atoms with E-state index in [1.807, 2.05) is 0 Å². The normalized spacial score (nSPS) is 35.7. The fourth-order valence-electron chi connectivity index (χ4n) is 4.87. The van der Waals surface area contributed by atoms with Gasteiger partial charge in [-0.3, -0.25) is 4.84 Å². The standard InChI is InChI=1S/C19H29NO/c1-12-7-8-16(13(2)9-12)15-10-14(3)18-17(11-15)19(4,5)21-20(18)6/h7-9,14-15,17-18H,10-11H2,1-6H3. The van der Waals surface area contributed by atoms with E-state index >= 15 is 0 Å². The van der Waals surface area contributed by atoms with Crippen LogP contribution in [0.3, 0.4) is 0 Å². The molecule has 0 N–H and O–H groups in total. The highest BCUT2D eigenvalue weighted by Gasteiger charge is 2.52. The summed E-state index contributed by atoms with van der Waals surface area (Å²) in [5, 5.41) is 2.13. The predicted molar refractivity (Wildman–Crippen MR) is 87.3 cm³/mol. The van der Waals surface area contributed by atoms with Gasteiger partial charge in [0.1, 0.15) is 0 Å². The van der Waals surface area contributed by atoms with Crippen molar-refractivity contribution in [1.29, 1.82) is 0 Å². The first-order chi connectivity index (χ1) is 9.79. The van der Waals surface area contributed by atoms with E-state index < -0.39 is 0 Å². The molecular formula is C19H29NO. The van der Waals surface area contributed by atoms with Gasteiger partial charge in [-0.2, -0.15) is 5.06 Å². The smallest absolute Gasteiger partial charge is 0.0887 e. The number of hydrogen-bond donors (Lipinski definition) is 0. The van der Waals surface area contributed by atoms with Crippen LogP contribution in [0.15, 0.2) is 18.2 Å². The van der Waals surface area contributed by atoms with Crippen LogP contribution in [0.1, 0.15) is 56.2 Å². The first kappa shape index (κ1) is 15.1. The van der Waals surface area contributed by atoms with Gasteiger partial charge in [0.25, 0.3) is 0 Å². The van der Waals surface area contributed by atoms with E-state index in [1.165, 1.54) is 24.0 Å². The second-order valence-corrected chi connectivity index (χ2v) is 7.84. The van der Waals surface area contributed by atoms with E-state index in [0.717, 1.165) is 0 Å². The largest absolute Gasteiger partial charge is 0.293 e. The van der Waals surface area contributed by atoms with Crippen LogP contribution in [0.4, 0.5) is 0 Å². The van der Waals surface area contributed by atoms with Crippen LogP contribution in [-0.4, -0.2) is 23.8 Å². The Labute approximate surface area is 129 Å². The van der Waals surface area contributed by atoms with E-state index in [4.69, 9.17) is 4.84 Å². The van der Waals surface area contributed by atoms with E-state index in [9.17, 15) is 0 Å². The Hall–Kier alpha value is -0.860. The minimum atomic E-state index is -0.0368. The number of hydroxylamine groups is 2. The summed E-state index contributed by atoms with van der Waals surface area (Å²) < 4.78 is 0. The van der Waals surface area contributed by atoms with Crippen molar-refractivity contribution in [3.05, 3.63) is 34.9 Å². The molecule has 2 fully saturated rings. The maximum Gasteiger partial charge on any atom is 0.0887 e. The SMILES string of the molecule is Cc1ccc(C2CC(C)C3C(C2)C(C)(C)ON3C)c(C)c1. The minimum Gasteiger partial charge on any atom is -0.293 e. The Bertz CT molecular complexity index is 536. The van der Waals surface area contributed by atoms with Crippen molar-refractivity contribution < 1.29 is 4.84 Å². The molecule has 4 atom stereocenters. The molecule has 0 spiro atoms. The van der Waals surface area contributed by atoms with Crippen molar-refractivity contribution in [3.63, 3.8) is 0 Å². The van der Waals surface area contributed by atoms with E-state index in [1.54, 1.807) is 5.56 Å². The molecule has 1 heterocycles. The molecule has 1 aliphatic heterocycles. The average molecular weight is 287 g/mol. The van der Waals surface area contributed by atoms with E-state index in [2.05, 4.69) is 64.9 Å². The van der Waals surface area contributed by atoms with Gasteiger partial charge in [-0.25, -0.2) is 0 Å². The van der Waals surface area contributed by atoms with Crippen LogP contribution in [0.2, 0.25) is 0 Å². The van der Waals surface area contributed by atoms with Crippen LogP contribution >= 0.6 is 0 Å². The molecule has 2 nitrogen and oxygen atoms in total. The fourth-order valence-corrected chi connectivity index (χ4v) is 4.87. The number of rotatable bonds is 1. The molecule has 3 rings (SSSR count). The van der Waals surface area contributed by atoms with Gasteiger partial charge in [0, 0.05) is 19.0 Å². The number of fused-ring (bicyclic) bond motifs is 1. The van der Waals surface area contributed by atoms with Crippen molar-refractivity contribution in [2.75, 3.05) is 7.05 Å². The number of hydrogen-bond acceptors (Lipinski definition) is 2. The topological polar surface area (TPSA) is 12.5 Å². The predicted octanol–water partition coefficient (Wildman–Crippen LogP) is 4.46. The summed E-state index contributed by atoms with van der Waals surface area (Å²) in [6.45, 7) is 11.4. The Balaban J connectivity index is 1.90. The van der Waals surface area contributed by atoms with Crippen molar-refractivity contribution in [3.8, 4) is 0 Å². The molecule has 2 heteroatoms. The molecule has 0 bridgehead atoms. The van der Waals surface area contributed by atoms with Gasteiger partial charge in [-0.15, -0.1) is 0 Å². The van der Waals surface area contributed by atoms with Crippen molar-refractivity contribution >= 4 is 0 Å². The highest BCUT2D eigenvalue weighted by molar-refractivity contribution is 5.34. The third kappa shape index (κ3) is 2.53. The second kappa shape index (κ2) is 5.10. The van der Waals surface area contributed by atoms with E-state index in [-0.39, 0.29) is 5.60 Å². The molecule has 1 aliphatic carbocycles. The van der Waals surface area contributed by atoms with Crippen LogP contribution in [0.5, 0.6) is 0 Å². The Morgan fingerprint density at radius 3 is 2.57 bits per heavy atom. The molecule has 0 radical (unpaired) electrons. The average Bonchev–Trinajstić information content (AvgIpc) is 2.59. The summed E-state index contributed by atoms with van der Waals surface area (Å²) in [5.74, 6) is 1.98. The molecule has 4 unspecified atom stereocenters. The lowest BCUT2D eigenvalue weighted by molar-refractivity contribution is -0.182. The van der Waals surface area contributed by atoms with E-state index in [0.29, 0.717) is 23.8 Å². The molecule has 2 aliphatic rings. The molecule has 21 heavy (non-hydrogen) atoms. The molecule has 1 aromatic rings. The van der Waals surface area contributed by atoms with Gasteiger partial charge in [-0.1, -0.05) is 30.7 Å². The summed E-state index contributed by atoms with van der Waals surface area (Å²) in [7, 11) is 2.11. The lowest BCUT2D eigenvalue weighted by atomic mass is 9.65. The number of benzene rings is 1. The number of nitrogens with zero attached hydrogens (tertiary/aromatic N) is 1. The first-order valence-corrected chi connectivity index (χ1v) is 8.28. The minimum absolute atomic E-state index is 0.0368. The van der Waals surface area contributed by atoms with Gasteiger partial charge in [-0.05, 0) is 63.5 Å².